The number of nitrogens with one attached hydrogen (secondary N) is 1. The third-order valence-electron chi connectivity index (χ3n) is 3.92. The van der Waals surface area contributed by atoms with Crippen LogP contribution in [0.4, 0.5) is 0 Å². The first kappa shape index (κ1) is 13.8. The minimum Gasteiger partial charge on any atom is -0.465 e. The number of carbonyl (C=O) groups is 1. The summed E-state index contributed by atoms with van der Waals surface area (Å²) in [5.41, 5.74) is 0. The highest BCUT2D eigenvalue weighted by Gasteiger charge is 2.34. The molecule has 0 aromatic carbocycles. The van der Waals surface area contributed by atoms with Gasteiger partial charge in [-0.1, -0.05) is 6.92 Å². The van der Waals surface area contributed by atoms with Crippen molar-refractivity contribution < 1.29 is 9.53 Å². The summed E-state index contributed by atoms with van der Waals surface area (Å²) in [6.07, 6.45) is 3.63. The molecule has 18 heavy (non-hydrogen) atoms. The van der Waals surface area contributed by atoms with Gasteiger partial charge in [-0.2, -0.15) is 0 Å². The number of carbonyl (C=O) groups excluding carboxylic acids is 1. The zero-order chi connectivity index (χ0) is 13.1. The Morgan fingerprint density at radius 1 is 1.44 bits per heavy atom. The van der Waals surface area contributed by atoms with E-state index in [1.54, 1.807) is 0 Å². The molecule has 0 aromatic rings. The Kier molecular flexibility index (Phi) is 4.62. The maximum atomic E-state index is 12.0. The van der Waals surface area contributed by atoms with E-state index in [-0.39, 0.29) is 12.0 Å². The Hall–Kier alpha value is -0.610. The fourth-order valence-corrected chi connectivity index (χ4v) is 2.85. The molecule has 1 N–H and O–H groups in total. The fraction of sp³-hybridized carbons (Fsp3) is 0.929. The van der Waals surface area contributed by atoms with Crippen molar-refractivity contribution in [2.75, 3.05) is 19.7 Å². The van der Waals surface area contributed by atoms with Gasteiger partial charge >= 0.3 is 5.97 Å². The van der Waals surface area contributed by atoms with Crippen LogP contribution in [-0.4, -0.2) is 48.7 Å². The maximum Gasteiger partial charge on any atom is 0.324 e. The SMILES string of the molecule is CCOC(=O)C(CN1CC(C)CC1C)NC1CC1. The van der Waals surface area contributed by atoms with Gasteiger partial charge in [-0.15, -0.1) is 0 Å². The van der Waals surface area contributed by atoms with Crippen LogP contribution in [0.15, 0.2) is 0 Å². The Bertz CT molecular complexity index is 292. The van der Waals surface area contributed by atoms with Crippen molar-refractivity contribution in [2.24, 2.45) is 5.92 Å². The summed E-state index contributed by atoms with van der Waals surface area (Å²) in [6, 6.07) is 0.970. The zero-order valence-corrected chi connectivity index (χ0v) is 11.8. The molecule has 0 spiro atoms. The fourth-order valence-electron chi connectivity index (χ4n) is 2.85. The number of rotatable bonds is 6. The van der Waals surface area contributed by atoms with Gasteiger partial charge in [-0.3, -0.25) is 9.69 Å². The van der Waals surface area contributed by atoms with Crippen molar-refractivity contribution in [3.05, 3.63) is 0 Å². The van der Waals surface area contributed by atoms with Gasteiger partial charge in [-0.25, -0.2) is 0 Å². The van der Waals surface area contributed by atoms with Crippen LogP contribution in [-0.2, 0) is 9.53 Å². The normalized spacial score (nSPS) is 30.4. The lowest BCUT2D eigenvalue weighted by Gasteiger charge is -2.26. The maximum absolute atomic E-state index is 12.0. The van der Waals surface area contributed by atoms with Crippen molar-refractivity contribution in [3.8, 4) is 0 Å². The molecule has 0 aromatic heterocycles. The topological polar surface area (TPSA) is 41.6 Å². The van der Waals surface area contributed by atoms with Gasteiger partial charge in [0.05, 0.1) is 6.61 Å². The van der Waals surface area contributed by atoms with Crippen molar-refractivity contribution >= 4 is 5.97 Å². The lowest BCUT2D eigenvalue weighted by Crippen LogP contribution is -2.48. The van der Waals surface area contributed by atoms with Gasteiger partial charge in [0.25, 0.3) is 0 Å². The average Bonchev–Trinajstić information content (AvgIpc) is 3.05. The first-order chi connectivity index (χ1) is 8.60. The van der Waals surface area contributed by atoms with Gasteiger partial charge in [0, 0.05) is 25.2 Å². The highest BCUT2D eigenvalue weighted by molar-refractivity contribution is 5.76. The van der Waals surface area contributed by atoms with E-state index in [0.717, 1.165) is 19.0 Å². The number of hydrogen-bond acceptors (Lipinski definition) is 4. The molecule has 2 rings (SSSR count). The molecule has 0 amide bonds. The predicted octanol–water partition coefficient (Wildman–Crippen LogP) is 1.40. The number of nitrogens with zero attached hydrogens (tertiary/aromatic N) is 1. The Morgan fingerprint density at radius 3 is 2.67 bits per heavy atom. The van der Waals surface area contributed by atoms with Crippen molar-refractivity contribution in [2.45, 2.75) is 58.2 Å². The molecule has 0 bridgehead atoms. The molecule has 1 aliphatic carbocycles. The van der Waals surface area contributed by atoms with Crippen molar-refractivity contribution in [1.29, 1.82) is 0 Å². The van der Waals surface area contributed by atoms with Crippen LogP contribution in [0.25, 0.3) is 0 Å². The smallest absolute Gasteiger partial charge is 0.324 e. The van der Waals surface area contributed by atoms with Gasteiger partial charge < -0.3 is 10.1 Å². The summed E-state index contributed by atoms with van der Waals surface area (Å²) in [4.78, 5) is 14.4. The highest BCUT2D eigenvalue weighted by atomic mass is 16.5. The molecule has 1 saturated carbocycles. The van der Waals surface area contributed by atoms with E-state index < -0.39 is 0 Å². The third-order valence-corrected chi connectivity index (χ3v) is 3.92. The summed E-state index contributed by atoms with van der Waals surface area (Å²) in [5.74, 6) is 0.653. The molecular weight excluding hydrogens is 228 g/mol. The van der Waals surface area contributed by atoms with Crippen molar-refractivity contribution in [3.63, 3.8) is 0 Å². The summed E-state index contributed by atoms with van der Waals surface area (Å²) in [5, 5.41) is 3.42. The molecule has 3 atom stereocenters. The molecule has 4 heteroatoms. The lowest BCUT2D eigenvalue weighted by molar-refractivity contribution is -0.146. The summed E-state index contributed by atoms with van der Waals surface area (Å²) in [6.45, 7) is 8.76. The Balaban J connectivity index is 1.89. The van der Waals surface area contributed by atoms with Crippen LogP contribution in [0.2, 0.25) is 0 Å². The second-order valence-corrected chi connectivity index (χ2v) is 5.89. The summed E-state index contributed by atoms with van der Waals surface area (Å²) < 4.78 is 5.18. The number of ether oxygens (including phenoxy) is 1. The lowest BCUT2D eigenvalue weighted by atomic mass is 10.1. The number of esters is 1. The minimum absolute atomic E-state index is 0.0869. The molecule has 3 unspecified atom stereocenters. The molecule has 2 aliphatic rings. The Labute approximate surface area is 110 Å². The molecule has 2 fully saturated rings. The standard InChI is InChI=1S/C14H26N2O2/c1-4-18-14(17)13(15-12-5-6-12)9-16-8-10(2)7-11(16)3/h10-13,15H,4-9H2,1-3H3. The average molecular weight is 254 g/mol. The van der Waals surface area contributed by atoms with Crippen molar-refractivity contribution in [1.82, 2.24) is 10.2 Å². The molecule has 104 valence electrons. The van der Waals surface area contributed by atoms with Crippen LogP contribution in [0, 0.1) is 5.92 Å². The van der Waals surface area contributed by atoms with Crippen LogP contribution >= 0.6 is 0 Å². The van der Waals surface area contributed by atoms with Crippen LogP contribution in [0.3, 0.4) is 0 Å². The van der Waals surface area contributed by atoms with Gasteiger partial charge in [0.2, 0.25) is 0 Å². The predicted molar refractivity (Wildman–Crippen MR) is 71.4 cm³/mol. The van der Waals surface area contributed by atoms with E-state index in [0.29, 0.717) is 18.7 Å². The largest absolute Gasteiger partial charge is 0.465 e. The van der Waals surface area contributed by atoms with E-state index in [1.807, 2.05) is 6.92 Å². The number of hydrogen-bond donors (Lipinski definition) is 1. The molecule has 1 heterocycles. The molecule has 4 nitrogen and oxygen atoms in total. The molecule has 1 aliphatic heterocycles. The highest BCUT2D eigenvalue weighted by Crippen LogP contribution is 2.24. The third kappa shape index (κ3) is 3.69. The molecular formula is C14H26N2O2. The minimum atomic E-state index is -0.148. The first-order valence-electron chi connectivity index (χ1n) is 7.26. The van der Waals surface area contributed by atoms with Crippen LogP contribution < -0.4 is 5.32 Å². The van der Waals surface area contributed by atoms with E-state index in [4.69, 9.17) is 4.74 Å². The molecule has 0 radical (unpaired) electrons. The van der Waals surface area contributed by atoms with E-state index in [1.165, 1.54) is 19.3 Å². The quantitative estimate of drug-likeness (QED) is 0.728. The van der Waals surface area contributed by atoms with E-state index in [9.17, 15) is 4.79 Å². The van der Waals surface area contributed by atoms with E-state index >= 15 is 0 Å². The molecule has 1 saturated heterocycles. The van der Waals surface area contributed by atoms with Crippen LogP contribution in [0.5, 0.6) is 0 Å². The van der Waals surface area contributed by atoms with Crippen LogP contribution in [0.1, 0.15) is 40.0 Å². The first-order valence-corrected chi connectivity index (χ1v) is 7.26. The second kappa shape index (κ2) is 6.02. The summed E-state index contributed by atoms with van der Waals surface area (Å²) >= 11 is 0. The second-order valence-electron chi connectivity index (χ2n) is 5.89. The van der Waals surface area contributed by atoms with Gasteiger partial charge in [0.1, 0.15) is 6.04 Å². The van der Waals surface area contributed by atoms with Gasteiger partial charge in [-0.05, 0) is 39.0 Å². The number of likely N-dealkylation sites (tertiary alicyclic amines) is 1. The summed E-state index contributed by atoms with van der Waals surface area (Å²) in [7, 11) is 0. The van der Waals surface area contributed by atoms with E-state index in [2.05, 4.69) is 24.1 Å². The van der Waals surface area contributed by atoms with Gasteiger partial charge in [0.15, 0.2) is 0 Å². The Morgan fingerprint density at radius 2 is 2.17 bits per heavy atom. The monoisotopic (exact) mass is 254 g/mol. The zero-order valence-electron chi connectivity index (χ0n) is 11.8.